The molecule has 4 heterocycles. The van der Waals surface area contributed by atoms with Crippen LogP contribution in [0.5, 0.6) is 0 Å². The molecule has 4 amide bonds. The second-order valence-corrected chi connectivity index (χ2v) is 9.01. The van der Waals surface area contributed by atoms with Gasteiger partial charge in [-0.3, -0.25) is 24.5 Å². The van der Waals surface area contributed by atoms with E-state index in [4.69, 9.17) is 4.74 Å². The van der Waals surface area contributed by atoms with E-state index in [1.54, 1.807) is 18.2 Å². The summed E-state index contributed by atoms with van der Waals surface area (Å²) in [6.07, 6.45) is 1.57. The number of amides is 4. The van der Waals surface area contributed by atoms with Gasteiger partial charge in [-0.2, -0.15) is 0 Å². The zero-order valence-electron chi connectivity index (χ0n) is 19.4. The van der Waals surface area contributed by atoms with Crippen molar-refractivity contribution in [2.75, 3.05) is 13.7 Å². The molecule has 1 unspecified atom stereocenters. The number of carbonyl (C=O) groups excluding carboxylic acids is 5. The Kier molecular flexibility index (Phi) is 6.00. The van der Waals surface area contributed by atoms with Crippen LogP contribution in [0.25, 0.3) is 5.69 Å². The van der Waals surface area contributed by atoms with Gasteiger partial charge in [-0.15, -0.1) is 5.10 Å². The molecule has 0 radical (unpaired) electrons. The molecule has 2 fully saturated rings. The van der Waals surface area contributed by atoms with Crippen LogP contribution in [0.3, 0.4) is 0 Å². The number of aliphatic hydroxyl groups excluding tert-OH is 1. The normalized spacial score (nSPS) is 23.9. The van der Waals surface area contributed by atoms with E-state index in [2.05, 4.69) is 15.6 Å². The summed E-state index contributed by atoms with van der Waals surface area (Å²) in [6.45, 7) is 0.370. The fourth-order valence-corrected chi connectivity index (χ4v) is 4.89. The maximum absolute atomic E-state index is 13.1. The minimum atomic E-state index is -0.916. The van der Waals surface area contributed by atoms with Crippen molar-refractivity contribution in [1.29, 1.82) is 0 Å². The van der Waals surface area contributed by atoms with Crippen LogP contribution in [0.1, 0.15) is 52.1 Å². The van der Waals surface area contributed by atoms with Crippen LogP contribution < -0.4 is 5.32 Å². The maximum atomic E-state index is 13.1. The summed E-state index contributed by atoms with van der Waals surface area (Å²) in [5.74, 6) is -2.25. The van der Waals surface area contributed by atoms with Crippen molar-refractivity contribution < 1.29 is 33.8 Å². The number of hydrogen-bond donors (Lipinski definition) is 2. The van der Waals surface area contributed by atoms with Gasteiger partial charge in [0.25, 0.3) is 11.8 Å². The van der Waals surface area contributed by atoms with Crippen molar-refractivity contribution >= 4 is 29.6 Å². The molecule has 5 rings (SSSR count). The van der Waals surface area contributed by atoms with Crippen LogP contribution >= 0.6 is 0 Å². The second kappa shape index (κ2) is 9.15. The van der Waals surface area contributed by atoms with Crippen molar-refractivity contribution in [3.8, 4) is 5.69 Å². The number of fused-ring (bicyclic) bond motifs is 1. The predicted molar refractivity (Wildman–Crippen MR) is 119 cm³/mol. The lowest BCUT2D eigenvalue weighted by Gasteiger charge is -2.35. The molecule has 0 saturated carbocycles. The number of piperidine rings is 2. The lowest BCUT2D eigenvalue weighted by Crippen LogP contribution is -2.52. The molecule has 2 aromatic rings. The molecular weight excluding hydrogens is 472 g/mol. The highest BCUT2D eigenvalue weighted by Crippen LogP contribution is 2.29. The Morgan fingerprint density at radius 2 is 2.00 bits per heavy atom. The Morgan fingerprint density at radius 3 is 2.75 bits per heavy atom. The smallest absolute Gasteiger partial charge is 0.328 e. The second-order valence-electron chi connectivity index (χ2n) is 9.01. The maximum Gasteiger partial charge on any atom is 0.328 e. The number of benzene rings is 1. The fraction of sp³-hybridized carbons (Fsp3) is 0.435. The van der Waals surface area contributed by atoms with Crippen LogP contribution in [-0.4, -0.2) is 91.3 Å². The van der Waals surface area contributed by atoms with E-state index in [0.717, 1.165) is 0 Å². The summed E-state index contributed by atoms with van der Waals surface area (Å²) in [5, 5.41) is 20.2. The number of ether oxygens (including phenoxy) is 1. The van der Waals surface area contributed by atoms with Crippen LogP contribution in [0.2, 0.25) is 0 Å². The van der Waals surface area contributed by atoms with Gasteiger partial charge in [0, 0.05) is 31.5 Å². The molecule has 3 atom stereocenters. The third-order valence-electron chi connectivity index (χ3n) is 6.79. The zero-order chi connectivity index (χ0) is 25.6. The Bertz CT molecular complexity index is 1270. The number of aromatic nitrogens is 3. The summed E-state index contributed by atoms with van der Waals surface area (Å²) in [6, 6.07) is 3.38. The van der Waals surface area contributed by atoms with E-state index in [1.165, 1.54) is 27.8 Å². The van der Waals surface area contributed by atoms with E-state index >= 15 is 0 Å². The van der Waals surface area contributed by atoms with E-state index in [9.17, 15) is 29.1 Å². The van der Waals surface area contributed by atoms with Crippen molar-refractivity contribution in [3.63, 3.8) is 0 Å². The largest absolute Gasteiger partial charge is 0.467 e. The van der Waals surface area contributed by atoms with Crippen LogP contribution in [0.4, 0.5) is 0 Å². The van der Waals surface area contributed by atoms with Gasteiger partial charge in [-0.05, 0) is 36.6 Å². The predicted octanol–water partition coefficient (Wildman–Crippen LogP) is -0.833. The molecule has 13 heteroatoms. The third-order valence-corrected chi connectivity index (χ3v) is 6.79. The zero-order valence-corrected chi connectivity index (χ0v) is 19.4. The fourth-order valence-electron chi connectivity index (χ4n) is 4.89. The lowest BCUT2D eigenvalue weighted by molar-refractivity contribution is -0.148. The van der Waals surface area contributed by atoms with E-state index in [1.807, 2.05) is 0 Å². The van der Waals surface area contributed by atoms with Crippen LogP contribution in [0.15, 0.2) is 24.4 Å². The Morgan fingerprint density at radius 1 is 1.19 bits per heavy atom. The molecule has 3 aliphatic heterocycles. The van der Waals surface area contributed by atoms with Gasteiger partial charge in [0.2, 0.25) is 11.8 Å². The minimum absolute atomic E-state index is 0.0158. The molecule has 0 spiro atoms. The van der Waals surface area contributed by atoms with Gasteiger partial charge < -0.3 is 19.6 Å². The molecule has 3 aliphatic rings. The summed E-state index contributed by atoms with van der Waals surface area (Å²) in [5.41, 5.74) is 1.70. The first-order valence-electron chi connectivity index (χ1n) is 11.5. The molecule has 13 nitrogen and oxygen atoms in total. The van der Waals surface area contributed by atoms with Crippen molar-refractivity contribution in [2.45, 2.75) is 50.4 Å². The van der Waals surface area contributed by atoms with E-state index in [0.29, 0.717) is 23.2 Å². The summed E-state index contributed by atoms with van der Waals surface area (Å²) < 4.78 is 6.17. The Balaban J connectivity index is 1.34. The topological polar surface area (TPSA) is 164 Å². The molecule has 1 aromatic heterocycles. The van der Waals surface area contributed by atoms with Gasteiger partial charge in [0.05, 0.1) is 25.1 Å². The molecule has 188 valence electrons. The lowest BCUT2D eigenvalue weighted by atomic mass is 9.99. The average molecular weight is 496 g/mol. The minimum Gasteiger partial charge on any atom is -0.467 e. The first-order chi connectivity index (χ1) is 17.3. The number of nitrogens with one attached hydrogen (secondary N) is 1. The third kappa shape index (κ3) is 4.11. The molecular formula is C23H24N6O7. The monoisotopic (exact) mass is 496 g/mol. The van der Waals surface area contributed by atoms with Crippen molar-refractivity contribution in [3.05, 3.63) is 41.2 Å². The van der Waals surface area contributed by atoms with Gasteiger partial charge in [-0.25, -0.2) is 9.48 Å². The first kappa shape index (κ1) is 23.6. The summed E-state index contributed by atoms with van der Waals surface area (Å²) in [7, 11) is 1.22. The summed E-state index contributed by atoms with van der Waals surface area (Å²) in [4.78, 5) is 64.6. The standard InChI is InChI=1S/C23H24N6O7/c1-36-23(35)18-9-14(30)6-7-27(18)22(34)16-11-29(26-25-16)13-2-3-15-12(8-13)10-28(21(15)33)17-4-5-19(31)24-20(17)32/h2-3,8,11,14,17-18,30H,4-7,9-10H2,1H3,(H,24,31,32)/t14-,17?,18+/m1/s1. The SMILES string of the molecule is COC(=O)[C@@H]1C[C@H](O)CCN1C(=O)c1cn(-c2ccc3c(c2)CN(C2CCC(=O)NC2=O)C3=O)nn1. The number of imide groups is 1. The average Bonchev–Trinajstić information content (AvgIpc) is 3.48. The van der Waals surface area contributed by atoms with Gasteiger partial charge >= 0.3 is 5.97 Å². The quantitative estimate of drug-likeness (QED) is 0.406. The summed E-state index contributed by atoms with van der Waals surface area (Å²) >= 11 is 0. The molecule has 2 saturated heterocycles. The molecule has 0 bridgehead atoms. The van der Waals surface area contributed by atoms with Crippen molar-refractivity contribution in [1.82, 2.24) is 30.1 Å². The number of nitrogens with zero attached hydrogens (tertiary/aromatic N) is 5. The van der Waals surface area contributed by atoms with Gasteiger partial charge in [-0.1, -0.05) is 5.21 Å². The van der Waals surface area contributed by atoms with Gasteiger partial charge in [0.1, 0.15) is 12.1 Å². The van der Waals surface area contributed by atoms with E-state index < -0.39 is 36.0 Å². The van der Waals surface area contributed by atoms with Crippen LogP contribution in [-0.2, 0) is 25.7 Å². The van der Waals surface area contributed by atoms with Crippen LogP contribution in [0, 0.1) is 0 Å². The number of methoxy groups -OCH3 is 1. The number of esters is 1. The van der Waals surface area contributed by atoms with Crippen molar-refractivity contribution in [2.24, 2.45) is 0 Å². The number of aliphatic hydroxyl groups is 1. The molecule has 0 aliphatic carbocycles. The number of hydrogen-bond acceptors (Lipinski definition) is 9. The first-order valence-corrected chi connectivity index (χ1v) is 11.5. The highest BCUT2D eigenvalue weighted by molar-refractivity contribution is 6.05. The highest BCUT2D eigenvalue weighted by atomic mass is 16.5. The molecule has 36 heavy (non-hydrogen) atoms. The highest BCUT2D eigenvalue weighted by Gasteiger charge is 2.40. The number of rotatable bonds is 4. The van der Waals surface area contributed by atoms with Gasteiger partial charge in [0.15, 0.2) is 5.69 Å². The number of carbonyl (C=O) groups is 5. The Labute approximate surface area is 205 Å². The Hall–Kier alpha value is -4.13. The molecule has 2 N–H and O–H groups in total. The van der Waals surface area contributed by atoms with E-state index in [-0.39, 0.29) is 49.9 Å². The molecule has 1 aromatic carbocycles. The number of likely N-dealkylation sites (tertiary alicyclic amines) is 1.